The fourth-order valence-corrected chi connectivity index (χ4v) is 9.80. The van der Waals surface area contributed by atoms with Crippen LogP contribution in [0.3, 0.4) is 0 Å². The molecule has 1 aromatic carbocycles. The molecule has 66 heavy (non-hydrogen) atoms. The van der Waals surface area contributed by atoms with Crippen LogP contribution in [-0.4, -0.2) is 166 Å². The largest absolute Gasteiger partial charge is 0.448 e. The van der Waals surface area contributed by atoms with E-state index in [1.807, 2.05) is 90.9 Å². The van der Waals surface area contributed by atoms with E-state index in [9.17, 15) is 28.8 Å². The van der Waals surface area contributed by atoms with E-state index >= 15 is 0 Å². The molecule has 370 valence electrons. The number of likely N-dealkylation sites (N-methyl/N-ethyl adjacent to an activating group) is 3. The molecule has 0 radical (unpaired) electrons. The number of nitrogens with one attached hydrogen (secondary N) is 3. The molecule has 3 N–H and O–H groups in total. The molecule has 0 aliphatic carbocycles. The third kappa shape index (κ3) is 14.9. The highest BCUT2D eigenvalue weighted by Crippen LogP contribution is 2.31. The zero-order chi connectivity index (χ0) is 49.4. The smallest absolute Gasteiger partial charge is 0.406 e. The van der Waals surface area contributed by atoms with E-state index in [0.29, 0.717) is 37.2 Å². The van der Waals surface area contributed by atoms with Gasteiger partial charge in [0, 0.05) is 47.3 Å². The van der Waals surface area contributed by atoms with Crippen molar-refractivity contribution in [3.8, 4) is 0 Å². The highest BCUT2D eigenvalue weighted by atomic mass is 32.1. The third-order valence-electron chi connectivity index (χ3n) is 12.8. The summed E-state index contributed by atoms with van der Waals surface area (Å²) in [7, 11) is 11.6. The zero-order valence-electron chi connectivity index (χ0n) is 41.8. The lowest BCUT2D eigenvalue weighted by Gasteiger charge is -2.41. The van der Waals surface area contributed by atoms with Crippen LogP contribution in [0.15, 0.2) is 35.7 Å². The summed E-state index contributed by atoms with van der Waals surface area (Å²) in [5.74, 6) is -2.20. The first kappa shape index (κ1) is 55.7. The summed E-state index contributed by atoms with van der Waals surface area (Å²) in [6.45, 7) is 14.3. The Kier molecular flexibility index (Phi) is 22.5. The number of hydrogen-bond acceptors (Lipinski definition) is 12. The molecule has 3 rings (SSSR count). The van der Waals surface area contributed by atoms with Crippen LogP contribution in [0, 0.1) is 23.7 Å². The molecule has 1 aromatic heterocycles. The Bertz CT molecular complexity index is 1870. The number of thiazole rings is 1. The first-order valence-electron chi connectivity index (χ1n) is 23.2. The molecular formula is C48H78N8O9S. The molecule has 1 aliphatic rings. The van der Waals surface area contributed by atoms with Crippen LogP contribution in [0.1, 0.15) is 101 Å². The maximum atomic E-state index is 14.5. The van der Waals surface area contributed by atoms with Crippen LogP contribution >= 0.6 is 11.3 Å². The second-order valence-corrected chi connectivity index (χ2v) is 19.3. The highest BCUT2D eigenvalue weighted by molar-refractivity contribution is 7.09. The number of rotatable bonds is 25. The lowest BCUT2D eigenvalue weighted by molar-refractivity contribution is -0.148. The zero-order valence-corrected chi connectivity index (χ0v) is 42.6. The molecule has 1 fully saturated rings. The number of carbonyl (C=O) groups is 6. The van der Waals surface area contributed by atoms with E-state index in [0.717, 1.165) is 5.56 Å². The Labute approximate surface area is 397 Å². The average molecular weight is 943 g/mol. The summed E-state index contributed by atoms with van der Waals surface area (Å²) in [6.07, 6.45) is 0.547. The molecule has 0 bridgehead atoms. The van der Waals surface area contributed by atoms with Crippen molar-refractivity contribution in [1.82, 2.24) is 40.5 Å². The van der Waals surface area contributed by atoms with Crippen LogP contribution < -0.4 is 16.0 Å². The number of amides is 6. The molecule has 17 nitrogen and oxygen atoms in total. The number of methoxy groups -OCH3 is 2. The number of nitrogens with zero attached hydrogens (tertiary/aromatic N) is 5. The third-order valence-corrected chi connectivity index (χ3v) is 13.8. The molecule has 6 amide bonds. The summed E-state index contributed by atoms with van der Waals surface area (Å²) >= 11 is 1.27. The fourth-order valence-electron chi connectivity index (χ4n) is 8.95. The van der Waals surface area contributed by atoms with Crippen molar-refractivity contribution in [2.75, 3.05) is 69.2 Å². The van der Waals surface area contributed by atoms with Gasteiger partial charge in [0.25, 0.3) is 5.91 Å². The summed E-state index contributed by atoms with van der Waals surface area (Å²) in [5, 5.41) is 10.8. The molecule has 1 aliphatic heterocycles. The summed E-state index contributed by atoms with van der Waals surface area (Å²) < 4.78 is 17.2. The van der Waals surface area contributed by atoms with E-state index in [4.69, 9.17) is 14.2 Å². The van der Waals surface area contributed by atoms with Gasteiger partial charge in [-0.15, -0.1) is 11.3 Å². The van der Waals surface area contributed by atoms with E-state index in [1.54, 1.807) is 50.4 Å². The van der Waals surface area contributed by atoms with Crippen molar-refractivity contribution in [3.63, 3.8) is 0 Å². The molecule has 9 atom stereocenters. The van der Waals surface area contributed by atoms with Gasteiger partial charge in [-0.2, -0.15) is 0 Å². The SMILES string of the molecule is CCC(C)C(C(CC(=O)N1CCC[C@H]1C(OC)C(C)C(=O)NC(Cc1ccccc1)c1nc(C(=O)N(C)CCOC(=O)NC)cs1)OC)N(C)C(=O)C(NC(=O)C(C(C)C)N(C)C)C(C)C. The molecule has 2 heterocycles. The number of ether oxygens (including phenoxy) is 3. The Morgan fingerprint density at radius 3 is 2.14 bits per heavy atom. The molecule has 2 aromatic rings. The lowest BCUT2D eigenvalue weighted by Crippen LogP contribution is -2.59. The van der Waals surface area contributed by atoms with E-state index in [-0.39, 0.29) is 72.6 Å². The molecule has 8 unspecified atom stereocenters. The number of alkyl carbamates (subject to hydrolysis) is 1. The quantitative estimate of drug-likeness (QED) is 0.126. The van der Waals surface area contributed by atoms with Crippen LogP contribution in [0.2, 0.25) is 0 Å². The van der Waals surface area contributed by atoms with Gasteiger partial charge < -0.3 is 44.9 Å². The number of aromatic nitrogens is 1. The normalized spacial score (nSPS) is 17.6. The van der Waals surface area contributed by atoms with Crippen LogP contribution in [0.4, 0.5) is 4.79 Å². The van der Waals surface area contributed by atoms with E-state index in [1.165, 1.54) is 23.3 Å². The molecule has 0 spiro atoms. The highest BCUT2D eigenvalue weighted by Gasteiger charge is 2.43. The van der Waals surface area contributed by atoms with Gasteiger partial charge in [-0.3, -0.25) is 28.9 Å². The second-order valence-electron chi connectivity index (χ2n) is 18.4. The predicted octanol–water partition coefficient (Wildman–Crippen LogP) is 4.62. The Hall–Kier alpha value is -4.65. The minimum absolute atomic E-state index is 0.00801. The summed E-state index contributed by atoms with van der Waals surface area (Å²) in [5.41, 5.74) is 1.17. The van der Waals surface area contributed by atoms with Gasteiger partial charge in [-0.25, -0.2) is 9.78 Å². The van der Waals surface area contributed by atoms with Gasteiger partial charge in [0.1, 0.15) is 23.4 Å². The number of benzene rings is 1. The standard InChI is InChI=1S/C48H78N8O9S/c1-15-31(6)41(55(12)47(61)39(29(2)3)52-44(59)40(30(4)5)53(9)10)37(63-13)27-38(57)56-23-19-22-36(56)42(64-14)32(7)43(58)50-34(26-33-20-17-16-18-21-33)45-51-35(28-66-45)46(60)54(11)24-25-65-48(62)49-8/h16-18,20-21,28-32,34,36-37,39-42H,15,19,22-27H2,1-14H3,(H,49,62)(H,50,58)(H,52,59)/t31?,32?,34?,36-,37?,39?,40?,41?,42?/m0/s1. The Balaban J connectivity index is 1.82. The van der Waals surface area contributed by atoms with Gasteiger partial charge >= 0.3 is 6.09 Å². The summed E-state index contributed by atoms with van der Waals surface area (Å²) in [6, 6.07) is 6.99. The average Bonchev–Trinajstić information content (AvgIpc) is 3.98. The van der Waals surface area contributed by atoms with Gasteiger partial charge in [0.2, 0.25) is 23.6 Å². The van der Waals surface area contributed by atoms with Crippen molar-refractivity contribution in [2.24, 2.45) is 23.7 Å². The first-order chi connectivity index (χ1) is 31.2. The van der Waals surface area contributed by atoms with Crippen molar-refractivity contribution >= 4 is 47.0 Å². The number of likely N-dealkylation sites (tertiary alicyclic amines) is 1. The van der Waals surface area contributed by atoms with Gasteiger partial charge in [-0.05, 0) is 56.7 Å². The lowest BCUT2D eigenvalue weighted by atomic mass is 9.89. The van der Waals surface area contributed by atoms with E-state index in [2.05, 4.69) is 20.9 Å². The van der Waals surface area contributed by atoms with Crippen LogP contribution in [-0.2, 0) is 39.8 Å². The maximum Gasteiger partial charge on any atom is 0.406 e. The van der Waals surface area contributed by atoms with Crippen LogP contribution in [0.5, 0.6) is 0 Å². The minimum Gasteiger partial charge on any atom is -0.448 e. The topological polar surface area (TPSA) is 192 Å². The Morgan fingerprint density at radius 1 is 0.909 bits per heavy atom. The van der Waals surface area contributed by atoms with Crippen molar-refractivity contribution < 1.29 is 43.0 Å². The van der Waals surface area contributed by atoms with Crippen molar-refractivity contribution in [2.45, 2.75) is 123 Å². The second kappa shape index (κ2) is 26.6. The first-order valence-corrected chi connectivity index (χ1v) is 24.1. The van der Waals surface area contributed by atoms with Gasteiger partial charge in [0.05, 0.1) is 55.3 Å². The Morgan fingerprint density at radius 2 is 1.58 bits per heavy atom. The molecular weight excluding hydrogens is 865 g/mol. The van der Waals surface area contributed by atoms with Crippen molar-refractivity contribution in [1.29, 1.82) is 0 Å². The maximum absolute atomic E-state index is 14.5. The van der Waals surface area contributed by atoms with E-state index < -0.39 is 54.4 Å². The fraction of sp³-hybridized carbons (Fsp3) is 0.688. The number of hydrogen-bond donors (Lipinski definition) is 3. The molecule has 18 heteroatoms. The van der Waals surface area contributed by atoms with Gasteiger partial charge in [0.15, 0.2) is 0 Å². The monoisotopic (exact) mass is 943 g/mol. The minimum atomic E-state index is -0.788. The molecule has 1 saturated heterocycles. The van der Waals surface area contributed by atoms with Crippen molar-refractivity contribution in [3.05, 3.63) is 52.0 Å². The molecule has 0 saturated carbocycles. The summed E-state index contributed by atoms with van der Waals surface area (Å²) in [4.78, 5) is 92.9. The predicted molar refractivity (Wildman–Crippen MR) is 256 cm³/mol. The van der Waals surface area contributed by atoms with Crippen LogP contribution in [0.25, 0.3) is 0 Å². The van der Waals surface area contributed by atoms with Gasteiger partial charge in [-0.1, -0.05) is 85.2 Å². The number of carbonyl (C=O) groups excluding carboxylic acids is 6.